The van der Waals surface area contributed by atoms with Gasteiger partial charge in [-0.15, -0.1) is 0 Å². The van der Waals surface area contributed by atoms with Crippen LogP contribution in [0.3, 0.4) is 0 Å². The second-order valence-electron chi connectivity index (χ2n) is 13.1. The Balaban J connectivity index is 1.64. The highest BCUT2D eigenvalue weighted by Crippen LogP contribution is 2.37. The van der Waals surface area contributed by atoms with Crippen LogP contribution in [0.25, 0.3) is 22.4 Å². The maximum Gasteiger partial charge on any atom is 0.326 e. The van der Waals surface area contributed by atoms with Crippen LogP contribution in [0.4, 0.5) is 4.39 Å². The predicted octanol–water partition coefficient (Wildman–Crippen LogP) is 5.59. The molecular weight excluding hydrogens is 658 g/mol. The number of benzene rings is 1. The van der Waals surface area contributed by atoms with Crippen LogP contribution in [0.15, 0.2) is 34.9 Å². The molecule has 0 bridgehead atoms. The number of amides is 1. The number of pyridine rings is 1. The molecule has 12 heteroatoms. The minimum atomic E-state index is -1.14. The number of carboxylic acids is 1. The van der Waals surface area contributed by atoms with Crippen molar-refractivity contribution in [2.45, 2.75) is 85.7 Å². The fourth-order valence-electron chi connectivity index (χ4n) is 5.21. The van der Waals surface area contributed by atoms with Gasteiger partial charge in [0.25, 0.3) is 0 Å². The third-order valence-corrected chi connectivity index (χ3v) is 8.40. The number of ether oxygens (including phenoxy) is 1. The van der Waals surface area contributed by atoms with Crippen LogP contribution in [0.2, 0.25) is 0 Å². The molecule has 42 heavy (non-hydrogen) atoms. The quantitative estimate of drug-likeness (QED) is 0.176. The second-order valence-corrected chi connectivity index (χ2v) is 14.3. The van der Waals surface area contributed by atoms with E-state index in [1.165, 1.54) is 17.0 Å². The summed E-state index contributed by atoms with van der Waals surface area (Å²) in [5.74, 6) is -1.62. The summed E-state index contributed by atoms with van der Waals surface area (Å²) in [6.07, 6.45) is -1.11. The molecule has 1 aliphatic rings. The normalized spacial score (nSPS) is 19.4. The van der Waals surface area contributed by atoms with Crippen LogP contribution in [-0.2, 0) is 9.59 Å². The molecule has 1 aromatic carbocycles. The Labute approximate surface area is 258 Å². The zero-order valence-corrected chi connectivity index (χ0v) is 27.0. The van der Waals surface area contributed by atoms with Crippen molar-refractivity contribution in [2.24, 2.45) is 10.8 Å². The number of aromatic nitrogens is 2. The number of aryl methyl sites for hydroxylation is 1. The number of hydrogen-bond donors (Lipinski definition) is 2. The summed E-state index contributed by atoms with van der Waals surface area (Å²) < 4.78 is 27.0. The Morgan fingerprint density at radius 3 is 2.43 bits per heavy atom. The van der Waals surface area contributed by atoms with Gasteiger partial charge in [0.2, 0.25) is 11.5 Å². The second kappa shape index (κ2) is 12.0. The summed E-state index contributed by atoms with van der Waals surface area (Å²) in [7, 11) is 0. The average molecular weight is 697 g/mol. The first-order valence-electron chi connectivity index (χ1n) is 13.8. The van der Waals surface area contributed by atoms with Crippen molar-refractivity contribution in [1.82, 2.24) is 18.2 Å². The number of fused-ring (bicyclic) bond motifs is 1. The van der Waals surface area contributed by atoms with E-state index in [1.807, 2.05) is 64.4 Å². The Kier molecular flexibility index (Phi) is 9.20. The summed E-state index contributed by atoms with van der Waals surface area (Å²) in [6.45, 7) is 13.4. The van der Waals surface area contributed by atoms with E-state index in [9.17, 15) is 24.2 Å². The Morgan fingerprint density at radius 2 is 1.86 bits per heavy atom. The van der Waals surface area contributed by atoms with Gasteiger partial charge in [0.05, 0.1) is 12.2 Å². The lowest BCUT2D eigenvalue weighted by atomic mass is 9.84. The molecule has 0 aliphatic carbocycles. The van der Waals surface area contributed by atoms with E-state index in [0.29, 0.717) is 40.2 Å². The first kappa shape index (κ1) is 32.1. The lowest BCUT2D eigenvalue weighted by molar-refractivity contribution is -0.152. The monoisotopic (exact) mass is 696 g/mol. The number of hydrogen-bond acceptors (Lipinski definition) is 8. The van der Waals surface area contributed by atoms with Gasteiger partial charge in [-0.3, -0.25) is 4.79 Å². The zero-order chi connectivity index (χ0) is 31.1. The number of carboxylic acid groups (broad SMARTS) is 1. The van der Waals surface area contributed by atoms with Crippen LogP contribution in [0.1, 0.15) is 60.1 Å². The van der Waals surface area contributed by atoms with Gasteiger partial charge in [-0.25, -0.2) is 17.3 Å². The summed E-state index contributed by atoms with van der Waals surface area (Å²) >= 11 is 1.98. The van der Waals surface area contributed by atoms with Gasteiger partial charge < -0.3 is 24.4 Å². The van der Waals surface area contributed by atoms with Crippen molar-refractivity contribution in [2.75, 3.05) is 6.54 Å². The molecule has 0 radical (unpaired) electrons. The van der Waals surface area contributed by atoms with Gasteiger partial charge >= 0.3 is 5.97 Å². The maximum absolute atomic E-state index is 14.1. The van der Waals surface area contributed by atoms with E-state index in [1.54, 1.807) is 28.2 Å². The molecular formula is C30H38FIN4O6. The fourth-order valence-corrected chi connectivity index (χ4v) is 6.48. The minimum Gasteiger partial charge on any atom is -0.484 e. The number of aliphatic carboxylic acids is 1. The standard InChI is InChI=1S/C30H38FIN4O6/c1-16-24-25(42-34-16)22(13-20(33-24)17-8-10-18(31)11-9-17)41-19-12-21(28(39)40)35(15-19)27(38)26(30(5,6)7)36(32)23(37)14-29(2,3)4/h8-11,13,19,21,23,26,37H,12,14-15H2,1-7H3,(H,39,40)/t19-,21?,23?,26-/m1/s1. The number of nitrogens with zero attached hydrogens (tertiary/aromatic N) is 4. The largest absolute Gasteiger partial charge is 0.484 e. The first-order valence-corrected chi connectivity index (χ1v) is 14.8. The highest BCUT2D eigenvalue weighted by Gasteiger charge is 2.48. The molecule has 1 fully saturated rings. The number of carbonyl (C=O) groups excluding carboxylic acids is 1. The highest BCUT2D eigenvalue weighted by molar-refractivity contribution is 14.1. The lowest BCUT2D eigenvalue weighted by Crippen LogP contribution is -2.56. The molecule has 0 saturated carbocycles. The molecule has 2 N–H and O–H groups in total. The van der Waals surface area contributed by atoms with Crippen molar-refractivity contribution in [1.29, 1.82) is 0 Å². The molecule has 1 amide bonds. The topological polar surface area (TPSA) is 129 Å². The predicted molar refractivity (Wildman–Crippen MR) is 163 cm³/mol. The van der Waals surface area contributed by atoms with Crippen LogP contribution < -0.4 is 4.74 Å². The van der Waals surface area contributed by atoms with Crippen LogP contribution in [0.5, 0.6) is 5.75 Å². The molecule has 1 saturated heterocycles. The van der Waals surface area contributed by atoms with E-state index in [0.717, 1.165) is 0 Å². The molecule has 2 aromatic heterocycles. The van der Waals surface area contributed by atoms with Crippen LogP contribution >= 0.6 is 22.9 Å². The van der Waals surface area contributed by atoms with Crippen molar-refractivity contribution in [3.8, 4) is 17.0 Å². The molecule has 10 nitrogen and oxygen atoms in total. The molecule has 2 unspecified atom stereocenters. The summed E-state index contributed by atoms with van der Waals surface area (Å²) in [4.78, 5) is 32.4. The maximum atomic E-state index is 14.1. The van der Waals surface area contributed by atoms with Gasteiger partial charge in [-0.1, -0.05) is 46.7 Å². The Bertz CT molecular complexity index is 1450. The number of aliphatic hydroxyl groups excluding tert-OH is 1. The minimum absolute atomic E-state index is 0.0189. The molecule has 228 valence electrons. The molecule has 3 heterocycles. The van der Waals surface area contributed by atoms with Crippen molar-refractivity contribution < 1.29 is 33.5 Å². The molecule has 1 aliphatic heterocycles. The smallest absolute Gasteiger partial charge is 0.326 e. The third-order valence-electron chi connectivity index (χ3n) is 7.20. The Hall–Kier alpha value is -2.84. The van der Waals surface area contributed by atoms with Crippen LogP contribution in [0, 0.1) is 23.6 Å². The van der Waals surface area contributed by atoms with Gasteiger partial charge in [0.1, 0.15) is 41.4 Å². The van der Waals surface area contributed by atoms with E-state index in [2.05, 4.69) is 10.1 Å². The van der Waals surface area contributed by atoms with Gasteiger partial charge in [0, 0.05) is 40.9 Å². The average Bonchev–Trinajstić information content (AvgIpc) is 3.46. The van der Waals surface area contributed by atoms with E-state index in [4.69, 9.17) is 9.26 Å². The van der Waals surface area contributed by atoms with Gasteiger partial charge in [0.15, 0.2) is 5.75 Å². The number of aliphatic hydroxyl groups is 1. The van der Waals surface area contributed by atoms with Crippen molar-refractivity contribution in [3.05, 3.63) is 41.8 Å². The van der Waals surface area contributed by atoms with E-state index >= 15 is 0 Å². The van der Waals surface area contributed by atoms with E-state index < -0.39 is 41.7 Å². The molecule has 4 rings (SSSR count). The van der Waals surface area contributed by atoms with Gasteiger partial charge in [-0.05, 0) is 48.4 Å². The number of likely N-dealkylation sites (tertiary alicyclic amines) is 1. The number of carbonyl (C=O) groups is 2. The molecule has 4 atom stereocenters. The SMILES string of the molecule is Cc1noc2c(O[C@@H]3CC(C(=O)O)N(C(=O)[C@@H](N(I)C(O)CC(C)(C)C)C(C)(C)C)C3)cc(-c3ccc(F)cc3)nc12. The molecule has 3 aromatic rings. The van der Waals surface area contributed by atoms with Crippen molar-refractivity contribution >= 4 is 45.8 Å². The summed E-state index contributed by atoms with van der Waals surface area (Å²) in [5, 5.41) is 25.1. The highest BCUT2D eigenvalue weighted by atomic mass is 127. The van der Waals surface area contributed by atoms with Gasteiger partial charge in [-0.2, -0.15) is 0 Å². The molecule has 0 spiro atoms. The van der Waals surface area contributed by atoms with E-state index in [-0.39, 0.29) is 24.2 Å². The lowest BCUT2D eigenvalue weighted by Gasteiger charge is -2.41. The number of rotatable bonds is 8. The van der Waals surface area contributed by atoms with Crippen LogP contribution in [-0.4, -0.2) is 71.2 Å². The number of halogens is 2. The third kappa shape index (κ3) is 7.03. The van der Waals surface area contributed by atoms with Crippen molar-refractivity contribution in [3.63, 3.8) is 0 Å². The zero-order valence-electron chi connectivity index (χ0n) is 24.9. The summed E-state index contributed by atoms with van der Waals surface area (Å²) in [6, 6.07) is 5.59. The fraction of sp³-hybridized carbons (Fsp3) is 0.533. The Morgan fingerprint density at radius 1 is 1.21 bits per heavy atom. The summed E-state index contributed by atoms with van der Waals surface area (Å²) in [5.41, 5.74) is 1.66. The first-order chi connectivity index (χ1) is 19.5.